The summed E-state index contributed by atoms with van der Waals surface area (Å²) in [6.45, 7) is 17.4. The first kappa shape index (κ1) is 27.7. The third-order valence-corrected chi connectivity index (χ3v) is 5.16. The van der Waals surface area contributed by atoms with Crippen LogP contribution in [0.1, 0.15) is 26.7 Å². The van der Waals surface area contributed by atoms with E-state index in [9.17, 15) is 0 Å². The van der Waals surface area contributed by atoms with Gasteiger partial charge in [0.15, 0.2) is 0 Å². The van der Waals surface area contributed by atoms with Crippen molar-refractivity contribution in [1.82, 2.24) is 0 Å². The van der Waals surface area contributed by atoms with Crippen LogP contribution in [0, 0.1) is 0 Å². The number of hydrogen-bond acceptors (Lipinski definition) is 7. The molecule has 0 saturated carbocycles. The van der Waals surface area contributed by atoms with E-state index in [0.29, 0.717) is 66.1 Å². The summed E-state index contributed by atoms with van der Waals surface area (Å²) in [5.74, 6) is 0. The molecule has 8 heteroatoms. The lowest BCUT2D eigenvalue weighted by Crippen LogP contribution is -2.54. The third-order valence-electron chi connectivity index (χ3n) is 5.16. The molecule has 1 saturated heterocycles. The summed E-state index contributed by atoms with van der Waals surface area (Å²) in [5.41, 5.74) is 0. The van der Waals surface area contributed by atoms with Gasteiger partial charge in [-0.1, -0.05) is 0 Å². The van der Waals surface area contributed by atoms with Gasteiger partial charge in [0, 0.05) is 26.1 Å². The molecule has 0 aliphatic carbocycles. The summed E-state index contributed by atoms with van der Waals surface area (Å²) in [5, 5.41) is 0. The topological polar surface area (TPSA) is 64.6 Å². The quantitative estimate of drug-likeness (QED) is 0.382. The average Bonchev–Trinajstić information content (AvgIpc) is 2.76. The lowest BCUT2D eigenvalue weighted by Gasteiger charge is -2.39. The Bertz CT molecular complexity index is 328. The molecular formula is C22H46NO7+. The summed E-state index contributed by atoms with van der Waals surface area (Å²) in [6, 6.07) is 0. The average molecular weight is 437 g/mol. The van der Waals surface area contributed by atoms with Crippen LogP contribution in [0.25, 0.3) is 0 Å². The van der Waals surface area contributed by atoms with Crippen molar-refractivity contribution < 1.29 is 37.6 Å². The molecule has 0 aromatic rings. The number of rotatable bonds is 10. The largest absolute Gasteiger partial charge is 0.382 e. The molecule has 0 N–H and O–H groups in total. The van der Waals surface area contributed by atoms with Crippen molar-refractivity contribution in [3.8, 4) is 0 Å². The molecule has 0 unspecified atom stereocenters. The standard InChI is InChI=1S/C22H46NO7/c1-3-24-11-5-7-23(8-6-12-25-4-2)9-13-26-15-17-28-19-21-30-22-20-29-18-16-27-14-10-23/h3-22H2,1-2H3/q+1. The molecule has 8 nitrogen and oxygen atoms in total. The fourth-order valence-corrected chi connectivity index (χ4v) is 3.46. The van der Waals surface area contributed by atoms with Gasteiger partial charge >= 0.3 is 0 Å². The van der Waals surface area contributed by atoms with Gasteiger partial charge in [0.1, 0.15) is 13.1 Å². The van der Waals surface area contributed by atoms with Gasteiger partial charge in [0.25, 0.3) is 0 Å². The van der Waals surface area contributed by atoms with E-state index in [0.717, 1.165) is 69.9 Å². The normalized spacial score (nSPS) is 21.0. The molecule has 1 fully saturated rings. The molecular weight excluding hydrogens is 390 g/mol. The van der Waals surface area contributed by atoms with Gasteiger partial charge in [0.2, 0.25) is 0 Å². The lowest BCUT2D eigenvalue weighted by atomic mass is 10.2. The lowest BCUT2D eigenvalue weighted by molar-refractivity contribution is -0.929. The minimum atomic E-state index is 0.583. The predicted molar refractivity (Wildman–Crippen MR) is 116 cm³/mol. The Hall–Kier alpha value is -0.320. The van der Waals surface area contributed by atoms with Crippen LogP contribution in [0.15, 0.2) is 0 Å². The van der Waals surface area contributed by atoms with E-state index in [1.54, 1.807) is 0 Å². The number of ether oxygens (including phenoxy) is 7. The van der Waals surface area contributed by atoms with E-state index >= 15 is 0 Å². The summed E-state index contributed by atoms with van der Waals surface area (Å²) >= 11 is 0. The van der Waals surface area contributed by atoms with Gasteiger partial charge in [-0.05, 0) is 13.8 Å². The van der Waals surface area contributed by atoms with E-state index in [2.05, 4.69) is 0 Å². The van der Waals surface area contributed by atoms with Crippen molar-refractivity contribution in [3.05, 3.63) is 0 Å². The first-order valence-corrected chi connectivity index (χ1v) is 11.7. The van der Waals surface area contributed by atoms with Crippen molar-refractivity contribution in [2.45, 2.75) is 26.7 Å². The summed E-state index contributed by atoms with van der Waals surface area (Å²) in [4.78, 5) is 0. The fraction of sp³-hybridized carbons (Fsp3) is 1.00. The summed E-state index contributed by atoms with van der Waals surface area (Å²) in [6.07, 6.45) is 2.07. The van der Waals surface area contributed by atoms with Crippen LogP contribution in [-0.2, 0) is 33.2 Å². The predicted octanol–water partition coefficient (Wildman–Crippen LogP) is 1.75. The summed E-state index contributed by atoms with van der Waals surface area (Å²) in [7, 11) is 0. The van der Waals surface area contributed by atoms with Crippen molar-refractivity contribution in [2.24, 2.45) is 0 Å². The Kier molecular flexibility index (Phi) is 19.0. The highest BCUT2D eigenvalue weighted by Crippen LogP contribution is 2.11. The van der Waals surface area contributed by atoms with Gasteiger partial charge in [-0.3, -0.25) is 0 Å². The van der Waals surface area contributed by atoms with E-state index in [4.69, 9.17) is 33.2 Å². The van der Waals surface area contributed by atoms with E-state index in [1.165, 1.54) is 0 Å². The molecule has 0 aromatic carbocycles. The molecule has 0 aromatic heterocycles. The second-order valence-electron chi connectivity index (χ2n) is 7.40. The molecule has 0 amide bonds. The number of quaternary nitrogens is 1. The zero-order chi connectivity index (χ0) is 21.6. The molecule has 1 rings (SSSR count). The smallest absolute Gasteiger partial charge is 0.102 e. The molecule has 0 atom stereocenters. The van der Waals surface area contributed by atoms with E-state index < -0.39 is 0 Å². The highest BCUT2D eigenvalue weighted by Gasteiger charge is 2.26. The SMILES string of the molecule is CCOCCC[N+]1(CCCOCC)CCOCCOCCOCCOCCOCC1. The Morgan fingerprint density at radius 3 is 1.20 bits per heavy atom. The Labute approximate surface area is 183 Å². The van der Waals surface area contributed by atoms with Crippen LogP contribution in [-0.4, -0.2) is 123 Å². The maximum absolute atomic E-state index is 5.88. The Morgan fingerprint density at radius 2 is 0.867 bits per heavy atom. The van der Waals surface area contributed by atoms with E-state index in [1.807, 2.05) is 13.8 Å². The highest BCUT2D eigenvalue weighted by atomic mass is 16.6. The van der Waals surface area contributed by atoms with Crippen molar-refractivity contribution in [2.75, 3.05) is 119 Å². The molecule has 1 aliphatic heterocycles. The molecule has 30 heavy (non-hydrogen) atoms. The minimum absolute atomic E-state index is 0.583. The van der Waals surface area contributed by atoms with Gasteiger partial charge in [-0.2, -0.15) is 0 Å². The number of nitrogens with zero attached hydrogens (tertiary/aromatic N) is 1. The van der Waals surface area contributed by atoms with Gasteiger partial charge in [-0.25, -0.2) is 0 Å². The third kappa shape index (κ3) is 15.5. The van der Waals surface area contributed by atoms with Crippen molar-refractivity contribution in [1.29, 1.82) is 0 Å². The van der Waals surface area contributed by atoms with Crippen molar-refractivity contribution >= 4 is 0 Å². The van der Waals surface area contributed by atoms with Crippen LogP contribution in [0.5, 0.6) is 0 Å². The Balaban J connectivity index is 2.59. The molecule has 180 valence electrons. The van der Waals surface area contributed by atoms with Crippen LogP contribution in [0.2, 0.25) is 0 Å². The number of hydrogen-bond donors (Lipinski definition) is 0. The van der Waals surface area contributed by atoms with Gasteiger partial charge < -0.3 is 37.6 Å². The van der Waals surface area contributed by atoms with Crippen LogP contribution in [0.4, 0.5) is 0 Å². The zero-order valence-corrected chi connectivity index (χ0v) is 19.4. The van der Waals surface area contributed by atoms with Crippen LogP contribution >= 0.6 is 0 Å². The zero-order valence-electron chi connectivity index (χ0n) is 19.4. The first-order valence-electron chi connectivity index (χ1n) is 11.7. The second kappa shape index (κ2) is 20.6. The van der Waals surface area contributed by atoms with Crippen LogP contribution in [0.3, 0.4) is 0 Å². The molecule has 0 radical (unpaired) electrons. The molecule has 1 heterocycles. The monoisotopic (exact) mass is 436 g/mol. The first-order chi connectivity index (χ1) is 14.8. The molecule has 1 aliphatic rings. The van der Waals surface area contributed by atoms with E-state index in [-0.39, 0.29) is 0 Å². The maximum atomic E-state index is 5.88. The highest BCUT2D eigenvalue weighted by molar-refractivity contribution is 4.50. The summed E-state index contributed by atoms with van der Waals surface area (Å²) < 4.78 is 40.5. The second-order valence-corrected chi connectivity index (χ2v) is 7.40. The fourth-order valence-electron chi connectivity index (χ4n) is 3.46. The van der Waals surface area contributed by atoms with Gasteiger partial charge in [0.05, 0.1) is 92.4 Å². The van der Waals surface area contributed by atoms with Gasteiger partial charge in [-0.15, -0.1) is 0 Å². The van der Waals surface area contributed by atoms with Crippen molar-refractivity contribution in [3.63, 3.8) is 0 Å². The molecule has 0 spiro atoms. The minimum Gasteiger partial charge on any atom is -0.382 e. The molecule has 0 bridgehead atoms. The van der Waals surface area contributed by atoms with Crippen LogP contribution < -0.4 is 0 Å². The Morgan fingerprint density at radius 1 is 0.533 bits per heavy atom. The maximum Gasteiger partial charge on any atom is 0.102 e.